The first-order valence-corrected chi connectivity index (χ1v) is 6.33. The topological polar surface area (TPSA) is 52.3 Å². The Kier molecular flexibility index (Phi) is 3.01. The number of carbonyl (C=O) groups is 1. The molecule has 0 saturated carbocycles. The first-order chi connectivity index (χ1) is 9.16. The lowest BCUT2D eigenvalue weighted by atomic mass is 9.98. The van der Waals surface area contributed by atoms with Gasteiger partial charge in [0.2, 0.25) is 0 Å². The Hall–Kier alpha value is -1.84. The molecule has 3 nitrogen and oxygen atoms in total. The van der Waals surface area contributed by atoms with Crippen molar-refractivity contribution in [3.05, 3.63) is 63.7 Å². The molecule has 2 aromatic carbocycles. The largest absolute Gasteiger partial charge is 0.397 e. The third-order valence-electron chi connectivity index (χ3n) is 3.28. The third kappa shape index (κ3) is 2.11. The minimum atomic E-state index is -0.116. The van der Waals surface area contributed by atoms with Crippen molar-refractivity contribution >= 4 is 23.1 Å². The highest BCUT2D eigenvalue weighted by molar-refractivity contribution is 6.34. The number of anilines is 1. The number of carbonyl (C=O) groups excluding carboxylic acids is 1. The smallest absolute Gasteiger partial charge is 0.195 e. The van der Waals surface area contributed by atoms with Gasteiger partial charge in [0.1, 0.15) is 0 Å². The fourth-order valence-electron chi connectivity index (χ4n) is 2.20. The zero-order chi connectivity index (χ0) is 13.4. The van der Waals surface area contributed by atoms with Gasteiger partial charge in [-0.3, -0.25) is 4.79 Å². The molecule has 0 radical (unpaired) electrons. The van der Waals surface area contributed by atoms with Crippen molar-refractivity contribution in [1.29, 1.82) is 0 Å². The first kappa shape index (κ1) is 12.2. The summed E-state index contributed by atoms with van der Waals surface area (Å²) in [5.41, 5.74) is 9.42. The van der Waals surface area contributed by atoms with Crippen LogP contribution in [0.1, 0.15) is 27.0 Å². The Labute approximate surface area is 115 Å². The van der Waals surface area contributed by atoms with Crippen molar-refractivity contribution in [1.82, 2.24) is 0 Å². The summed E-state index contributed by atoms with van der Waals surface area (Å²) >= 11 is 5.94. The Morgan fingerprint density at radius 3 is 2.79 bits per heavy atom. The Balaban J connectivity index is 2.02. The molecule has 0 atom stereocenters. The monoisotopic (exact) mass is 273 g/mol. The molecule has 0 fully saturated rings. The van der Waals surface area contributed by atoms with Gasteiger partial charge >= 0.3 is 0 Å². The number of fused-ring (bicyclic) bond motifs is 1. The lowest BCUT2D eigenvalue weighted by Crippen LogP contribution is -2.06. The maximum atomic E-state index is 12.4. The van der Waals surface area contributed by atoms with Crippen molar-refractivity contribution in [3.63, 3.8) is 0 Å². The molecule has 4 heteroatoms. The van der Waals surface area contributed by atoms with Gasteiger partial charge in [-0.1, -0.05) is 29.8 Å². The van der Waals surface area contributed by atoms with Crippen molar-refractivity contribution < 1.29 is 9.53 Å². The SMILES string of the molecule is Nc1c(Cl)cccc1C(=O)c1ccc2c(c1)COC2. The van der Waals surface area contributed by atoms with Gasteiger partial charge in [-0.25, -0.2) is 0 Å². The van der Waals surface area contributed by atoms with Crippen LogP contribution in [0, 0.1) is 0 Å². The van der Waals surface area contributed by atoms with Gasteiger partial charge in [-0.15, -0.1) is 0 Å². The fraction of sp³-hybridized carbons (Fsp3) is 0.133. The van der Waals surface area contributed by atoms with Gasteiger partial charge in [0.05, 0.1) is 23.9 Å². The minimum absolute atomic E-state index is 0.116. The van der Waals surface area contributed by atoms with Crippen LogP contribution in [0.5, 0.6) is 0 Å². The van der Waals surface area contributed by atoms with Crippen LogP contribution in [0.2, 0.25) is 5.02 Å². The molecule has 0 spiro atoms. The van der Waals surface area contributed by atoms with E-state index in [-0.39, 0.29) is 5.78 Å². The number of benzene rings is 2. The summed E-state index contributed by atoms with van der Waals surface area (Å²) in [5, 5.41) is 0.398. The van der Waals surface area contributed by atoms with Gasteiger partial charge in [0.15, 0.2) is 5.78 Å². The predicted molar refractivity (Wildman–Crippen MR) is 74.2 cm³/mol. The van der Waals surface area contributed by atoms with Crippen LogP contribution in [0.15, 0.2) is 36.4 Å². The molecule has 0 unspecified atom stereocenters. The minimum Gasteiger partial charge on any atom is -0.397 e. The lowest BCUT2D eigenvalue weighted by molar-refractivity contribution is 0.103. The van der Waals surface area contributed by atoms with Gasteiger partial charge in [0.25, 0.3) is 0 Å². The first-order valence-electron chi connectivity index (χ1n) is 5.95. The molecule has 0 aromatic heterocycles. The Morgan fingerprint density at radius 2 is 1.95 bits per heavy atom. The maximum Gasteiger partial charge on any atom is 0.195 e. The van der Waals surface area contributed by atoms with Crippen molar-refractivity contribution in [2.45, 2.75) is 13.2 Å². The number of hydrogen-bond acceptors (Lipinski definition) is 3. The summed E-state index contributed by atoms with van der Waals surface area (Å²) in [5.74, 6) is -0.116. The van der Waals surface area contributed by atoms with E-state index >= 15 is 0 Å². The molecule has 0 saturated heterocycles. The van der Waals surface area contributed by atoms with Gasteiger partial charge in [-0.2, -0.15) is 0 Å². The molecular formula is C15H12ClNO2. The van der Waals surface area contributed by atoms with Gasteiger partial charge in [-0.05, 0) is 29.3 Å². The van der Waals surface area contributed by atoms with Crippen LogP contribution >= 0.6 is 11.6 Å². The number of hydrogen-bond donors (Lipinski definition) is 1. The van der Waals surface area contributed by atoms with Gasteiger partial charge in [0, 0.05) is 11.1 Å². The predicted octanol–water partition coefficient (Wildman–Crippen LogP) is 3.18. The molecule has 96 valence electrons. The average Bonchev–Trinajstić information content (AvgIpc) is 2.88. The van der Waals surface area contributed by atoms with E-state index in [1.54, 1.807) is 24.3 Å². The zero-order valence-electron chi connectivity index (χ0n) is 10.2. The van der Waals surface area contributed by atoms with Crippen molar-refractivity contribution in [3.8, 4) is 0 Å². The normalized spacial score (nSPS) is 13.3. The molecule has 2 N–H and O–H groups in total. The van der Waals surface area contributed by atoms with Crippen LogP contribution in [-0.2, 0) is 18.0 Å². The fourth-order valence-corrected chi connectivity index (χ4v) is 2.38. The molecule has 0 amide bonds. The second kappa shape index (κ2) is 4.68. The second-order valence-electron chi connectivity index (χ2n) is 4.51. The van der Waals surface area contributed by atoms with Crippen molar-refractivity contribution in [2.75, 3.05) is 5.73 Å². The van der Waals surface area contributed by atoms with Crippen LogP contribution in [-0.4, -0.2) is 5.78 Å². The quantitative estimate of drug-likeness (QED) is 0.675. The summed E-state index contributed by atoms with van der Waals surface area (Å²) in [6.07, 6.45) is 0. The highest BCUT2D eigenvalue weighted by Crippen LogP contribution is 2.27. The summed E-state index contributed by atoms with van der Waals surface area (Å²) in [6, 6.07) is 10.7. The van der Waals surface area contributed by atoms with Crippen LogP contribution in [0.4, 0.5) is 5.69 Å². The third-order valence-corrected chi connectivity index (χ3v) is 3.61. The summed E-state index contributed by atoms with van der Waals surface area (Å²) in [6.45, 7) is 1.17. The van der Waals surface area contributed by atoms with Crippen LogP contribution in [0.3, 0.4) is 0 Å². The standard InChI is InChI=1S/C15H12ClNO2/c16-13-3-1-2-12(14(13)17)15(18)9-4-5-10-7-19-8-11(10)6-9/h1-6H,7-8,17H2. The second-order valence-corrected chi connectivity index (χ2v) is 4.91. The van der Waals surface area contributed by atoms with E-state index in [2.05, 4.69) is 0 Å². The summed E-state index contributed by atoms with van der Waals surface area (Å²) in [4.78, 5) is 12.4. The number of nitrogens with two attached hydrogens (primary N) is 1. The number of ether oxygens (including phenoxy) is 1. The number of para-hydroxylation sites is 1. The Morgan fingerprint density at radius 1 is 1.16 bits per heavy atom. The highest BCUT2D eigenvalue weighted by atomic mass is 35.5. The molecule has 1 heterocycles. The lowest BCUT2D eigenvalue weighted by Gasteiger charge is -2.07. The molecular weight excluding hydrogens is 262 g/mol. The molecule has 3 rings (SSSR count). The van der Waals surface area contributed by atoms with E-state index < -0.39 is 0 Å². The van der Waals surface area contributed by atoms with E-state index in [1.165, 1.54) is 0 Å². The van der Waals surface area contributed by atoms with E-state index in [4.69, 9.17) is 22.1 Å². The summed E-state index contributed by atoms with van der Waals surface area (Å²) in [7, 11) is 0. The molecule has 1 aliphatic rings. The van der Waals surface area contributed by atoms with Crippen LogP contribution in [0.25, 0.3) is 0 Å². The van der Waals surface area contributed by atoms with E-state index in [1.807, 2.05) is 12.1 Å². The summed E-state index contributed by atoms with van der Waals surface area (Å²) < 4.78 is 5.34. The molecule has 19 heavy (non-hydrogen) atoms. The Bertz CT molecular complexity index is 667. The molecule has 0 aliphatic carbocycles. The number of rotatable bonds is 2. The number of nitrogen functional groups attached to an aromatic ring is 1. The highest BCUT2D eigenvalue weighted by Gasteiger charge is 2.17. The maximum absolute atomic E-state index is 12.4. The molecule has 0 bridgehead atoms. The van der Waals surface area contributed by atoms with E-state index in [0.717, 1.165) is 11.1 Å². The van der Waals surface area contributed by atoms with Crippen molar-refractivity contribution in [2.24, 2.45) is 0 Å². The van der Waals surface area contributed by atoms with Crippen LogP contribution < -0.4 is 5.73 Å². The van der Waals surface area contributed by atoms with E-state index in [9.17, 15) is 4.79 Å². The number of ketones is 1. The molecule has 2 aromatic rings. The van der Waals surface area contributed by atoms with Gasteiger partial charge < -0.3 is 10.5 Å². The molecule has 1 aliphatic heterocycles. The zero-order valence-corrected chi connectivity index (χ0v) is 10.9. The number of halogens is 1. The average molecular weight is 274 g/mol. The van der Waals surface area contributed by atoms with E-state index in [0.29, 0.717) is 35.1 Å².